The predicted octanol–water partition coefficient (Wildman–Crippen LogP) is 5.11. The first-order valence-corrected chi connectivity index (χ1v) is 8.55. The van der Waals surface area contributed by atoms with Crippen molar-refractivity contribution in [2.75, 3.05) is 0 Å². The van der Waals surface area contributed by atoms with Gasteiger partial charge in [-0.05, 0) is 36.8 Å². The van der Waals surface area contributed by atoms with Gasteiger partial charge in [0.25, 0.3) is 5.56 Å². The standard InChI is InChI=1S/C20H14Cl2N2O2/c1-12-8-15(16(10-23)20(25)24-12)14-4-2-3-5-19(14)26-11-13-6-7-17(21)18(22)9-13/h2-9H,11H2,1H3,(H,24,25). The van der Waals surface area contributed by atoms with Gasteiger partial charge in [0.2, 0.25) is 0 Å². The van der Waals surface area contributed by atoms with E-state index in [4.69, 9.17) is 27.9 Å². The Hall–Kier alpha value is -2.74. The molecule has 0 saturated heterocycles. The molecule has 0 aliphatic rings. The van der Waals surface area contributed by atoms with Gasteiger partial charge in [-0.15, -0.1) is 0 Å². The molecular weight excluding hydrogens is 371 g/mol. The quantitative estimate of drug-likeness (QED) is 0.679. The van der Waals surface area contributed by atoms with Gasteiger partial charge in [0.1, 0.15) is 24.0 Å². The number of nitrogens with zero attached hydrogens (tertiary/aromatic N) is 1. The highest BCUT2D eigenvalue weighted by atomic mass is 35.5. The van der Waals surface area contributed by atoms with Gasteiger partial charge in [-0.3, -0.25) is 4.79 Å². The number of hydrogen-bond acceptors (Lipinski definition) is 3. The number of hydrogen-bond donors (Lipinski definition) is 1. The highest BCUT2D eigenvalue weighted by molar-refractivity contribution is 6.42. The van der Waals surface area contributed by atoms with E-state index in [2.05, 4.69) is 4.98 Å². The third-order valence-corrected chi connectivity index (χ3v) is 4.57. The van der Waals surface area contributed by atoms with Crippen molar-refractivity contribution in [1.82, 2.24) is 4.98 Å². The molecule has 0 aliphatic carbocycles. The fraction of sp³-hybridized carbons (Fsp3) is 0.100. The van der Waals surface area contributed by atoms with Crippen molar-refractivity contribution in [3.8, 4) is 22.9 Å². The van der Waals surface area contributed by atoms with Gasteiger partial charge in [-0.2, -0.15) is 5.26 Å². The van der Waals surface area contributed by atoms with Gasteiger partial charge in [0.05, 0.1) is 10.0 Å². The lowest BCUT2D eigenvalue weighted by Crippen LogP contribution is -2.13. The Morgan fingerprint density at radius 3 is 2.58 bits per heavy atom. The van der Waals surface area contributed by atoms with E-state index < -0.39 is 5.56 Å². The van der Waals surface area contributed by atoms with Crippen LogP contribution in [-0.2, 0) is 6.61 Å². The molecular formula is C20H14Cl2N2O2. The number of ether oxygens (including phenoxy) is 1. The molecule has 0 unspecified atom stereocenters. The zero-order valence-electron chi connectivity index (χ0n) is 13.8. The highest BCUT2D eigenvalue weighted by Gasteiger charge is 2.14. The van der Waals surface area contributed by atoms with E-state index in [0.717, 1.165) is 5.56 Å². The lowest BCUT2D eigenvalue weighted by Gasteiger charge is -2.13. The van der Waals surface area contributed by atoms with E-state index in [0.29, 0.717) is 32.6 Å². The van der Waals surface area contributed by atoms with Gasteiger partial charge < -0.3 is 9.72 Å². The maximum atomic E-state index is 12.1. The Kier molecular flexibility index (Phi) is 5.32. The number of H-pyrrole nitrogens is 1. The summed E-state index contributed by atoms with van der Waals surface area (Å²) in [6, 6.07) is 16.3. The summed E-state index contributed by atoms with van der Waals surface area (Å²) in [7, 11) is 0. The summed E-state index contributed by atoms with van der Waals surface area (Å²) in [4.78, 5) is 14.7. The van der Waals surface area contributed by atoms with Gasteiger partial charge >= 0.3 is 0 Å². The summed E-state index contributed by atoms with van der Waals surface area (Å²) in [5.41, 5.74) is 2.39. The molecule has 0 amide bonds. The average Bonchev–Trinajstić information content (AvgIpc) is 2.62. The topological polar surface area (TPSA) is 65.9 Å². The number of aromatic nitrogens is 1. The maximum Gasteiger partial charge on any atom is 0.266 e. The molecule has 0 saturated carbocycles. The van der Waals surface area contributed by atoms with Crippen LogP contribution >= 0.6 is 23.2 Å². The van der Waals surface area contributed by atoms with E-state index >= 15 is 0 Å². The second-order valence-corrected chi connectivity index (χ2v) is 6.53. The Bertz CT molecular complexity index is 1070. The zero-order valence-corrected chi connectivity index (χ0v) is 15.4. The largest absolute Gasteiger partial charge is 0.488 e. The Morgan fingerprint density at radius 2 is 1.85 bits per heavy atom. The van der Waals surface area contributed by atoms with Gasteiger partial charge in [-0.1, -0.05) is 47.5 Å². The van der Waals surface area contributed by atoms with Crippen molar-refractivity contribution in [3.63, 3.8) is 0 Å². The van der Waals surface area contributed by atoms with Crippen LogP contribution in [0.1, 0.15) is 16.8 Å². The molecule has 1 N–H and O–H groups in total. The fourth-order valence-corrected chi connectivity index (χ4v) is 2.94. The summed E-state index contributed by atoms with van der Waals surface area (Å²) in [5.74, 6) is 0.570. The normalized spacial score (nSPS) is 10.4. The summed E-state index contributed by atoms with van der Waals surface area (Å²) in [6.07, 6.45) is 0. The highest BCUT2D eigenvalue weighted by Crippen LogP contribution is 2.32. The molecule has 1 aromatic heterocycles. The van der Waals surface area contributed by atoms with Gasteiger partial charge in [0, 0.05) is 16.8 Å². The van der Waals surface area contributed by atoms with Crippen LogP contribution in [0.4, 0.5) is 0 Å². The number of rotatable bonds is 4. The molecule has 6 heteroatoms. The minimum Gasteiger partial charge on any atom is -0.488 e. The third kappa shape index (κ3) is 3.75. The molecule has 4 nitrogen and oxygen atoms in total. The summed E-state index contributed by atoms with van der Waals surface area (Å²) in [5, 5.41) is 10.3. The van der Waals surface area contributed by atoms with E-state index in [1.807, 2.05) is 30.3 Å². The number of halogens is 2. The van der Waals surface area contributed by atoms with Crippen LogP contribution in [0.3, 0.4) is 0 Å². The molecule has 0 radical (unpaired) electrons. The second-order valence-electron chi connectivity index (χ2n) is 5.72. The smallest absolute Gasteiger partial charge is 0.266 e. The Morgan fingerprint density at radius 1 is 1.08 bits per heavy atom. The fourth-order valence-electron chi connectivity index (χ4n) is 2.62. The molecule has 0 bridgehead atoms. The minimum atomic E-state index is -0.415. The Balaban J connectivity index is 1.98. The van der Waals surface area contributed by atoms with Crippen LogP contribution in [0.5, 0.6) is 5.75 Å². The monoisotopic (exact) mass is 384 g/mol. The van der Waals surface area contributed by atoms with E-state index in [-0.39, 0.29) is 12.2 Å². The van der Waals surface area contributed by atoms with Gasteiger partial charge in [-0.25, -0.2) is 0 Å². The predicted molar refractivity (Wildman–Crippen MR) is 103 cm³/mol. The van der Waals surface area contributed by atoms with Crippen molar-refractivity contribution < 1.29 is 4.74 Å². The van der Waals surface area contributed by atoms with Crippen LogP contribution in [-0.4, -0.2) is 4.98 Å². The van der Waals surface area contributed by atoms with Crippen LogP contribution in [0, 0.1) is 18.3 Å². The lowest BCUT2D eigenvalue weighted by atomic mass is 10.00. The molecule has 26 heavy (non-hydrogen) atoms. The van der Waals surface area contributed by atoms with Crippen LogP contribution in [0.2, 0.25) is 10.0 Å². The number of para-hydroxylation sites is 1. The van der Waals surface area contributed by atoms with Gasteiger partial charge in [0.15, 0.2) is 0 Å². The maximum absolute atomic E-state index is 12.1. The number of aryl methyl sites for hydroxylation is 1. The zero-order chi connectivity index (χ0) is 18.7. The van der Waals surface area contributed by atoms with Crippen LogP contribution in [0.25, 0.3) is 11.1 Å². The van der Waals surface area contributed by atoms with Crippen molar-refractivity contribution in [2.24, 2.45) is 0 Å². The third-order valence-electron chi connectivity index (χ3n) is 3.84. The molecule has 0 atom stereocenters. The number of benzene rings is 2. The summed E-state index contributed by atoms with van der Waals surface area (Å²) < 4.78 is 5.93. The molecule has 3 aromatic rings. The lowest BCUT2D eigenvalue weighted by molar-refractivity contribution is 0.307. The molecule has 3 rings (SSSR count). The number of nitrogens with one attached hydrogen (secondary N) is 1. The average molecular weight is 385 g/mol. The van der Waals surface area contributed by atoms with Crippen LogP contribution < -0.4 is 10.3 Å². The first-order chi connectivity index (χ1) is 12.5. The number of pyridine rings is 1. The second kappa shape index (κ2) is 7.65. The SMILES string of the molecule is Cc1cc(-c2ccccc2OCc2ccc(Cl)c(Cl)c2)c(C#N)c(=O)[nH]1. The molecule has 2 aromatic carbocycles. The van der Waals surface area contributed by atoms with Crippen molar-refractivity contribution in [2.45, 2.75) is 13.5 Å². The number of nitriles is 1. The van der Waals surface area contributed by atoms with Crippen molar-refractivity contribution in [1.29, 1.82) is 5.26 Å². The molecule has 1 heterocycles. The minimum absolute atomic E-state index is 0.0567. The first kappa shape index (κ1) is 18.1. The summed E-state index contributed by atoms with van der Waals surface area (Å²) in [6.45, 7) is 2.04. The molecule has 0 aliphatic heterocycles. The van der Waals surface area contributed by atoms with E-state index in [9.17, 15) is 10.1 Å². The van der Waals surface area contributed by atoms with Crippen LogP contribution in [0.15, 0.2) is 53.3 Å². The Labute approximate surface area is 160 Å². The molecule has 0 fully saturated rings. The molecule has 130 valence electrons. The van der Waals surface area contributed by atoms with Crippen molar-refractivity contribution in [3.05, 3.63) is 85.8 Å². The van der Waals surface area contributed by atoms with E-state index in [1.165, 1.54) is 0 Å². The van der Waals surface area contributed by atoms with Crippen molar-refractivity contribution >= 4 is 23.2 Å². The first-order valence-electron chi connectivity index (χ1n) is 7.79. The molecule has 0 spiro atoms. The number of aromatic amines is 1. The van der Waals surface area contributed by atoms with E-state index in [1.54, 1.807) is 31.2 Å². The summed E-state index contributed by atoms with van der Waals surface area (Å²) >= 11 is 12.0.